The lowest BCUT2D eigenvalue weighted by Crippen LogP contribution is -2.64. The van der Waals surface area contributed by atoms with Crippen molar-refractivity contribution >= 4 is 12.0 Å². The summed E-state index contributed by atoms with van der Waals surface area (Å²) >= 11 is 0. The topological polar surface area (TPSA) is 205 Å². The van der Waals surface area contributed by atoms with E-state index in [1.54, 1.807) is 25.1 Å². The molecular formula is C31H44O13. The maximum Gasteiger partial charge on any atom is 0.330 e. The van der Waals surface area contributed by atoms with Crippen molar-refractivity contribution in [3.63, 3.8) is 0 Å². The summed E-state index contributed by atoms with van der Waals surface area (Å²) in [7, 11) is 0. The predicted molar refractivity (Wildman–Crippen MR) is 156 cm³/mol. The van der Waals surface area contributed by atoms with Crippen LogP contribution in [0.15, 0.2) is 54.1 Å². The molecule has 11 unspecified atom stereocenters. The van der Waals surface area contributed by atoms with E-state index in [4.69, 9.17) is 23.7 Å². The van der Waals surface area contributed by atoms with Gasteiger partial charge in [-0.1, -0.05) is 35.9 Å². The van der Waals surface area contributed by atoms with E-state index in [2.05, 4.69) is 6.58 Å². The minimum Gasteiger partial charge on any atom is -0.508 e. The lowest BCUT2D eigenvalue weighted by atomic mass is 9.97. The predicted octanol–water partition coefficient (Wildman–Crippen LogP) is 0.288. The Balaban J connectivity index is 1.69. The fraction of sp³-hybridized carbons (Fsp3) is 0.581. The van der Waals surface area contributed by atoms with Crippen molar-refractivity contribution in [2.75, 3.05) is 13.2 Å². The van der Waals surface area contributed by atoms with E-state index >= 15 is 0 Å². The normalized spacial score (nSPS) is 33.7. The first kappa shape index (κ1) is 35.8. The fourth-order valence-electron chi connectivity index (χ4n) is 4.58. The zero-order valence-corrected chi connectivity index (χ0v) is 25.0. The number of rotatable bonds is 13. The third-order valence-corrected chi connectivity index (χ3v) is 7.51. The molecule has 2 aliphatic heterocycles. The summed E-state index contributed by atoms with van der Waals surface area (Å²) in [4.78, 5) is 12.4. The van der Waals surface area contributed by atoms with Crippen molar-refractivity contribution in [2.24, 2.45) is 0 Å². The van der Waals surface area contributed by atoms with Gasteiger partial charge >= 0.3 is 5.97 Å². The van der Waals surface area contributed by atoms with Crippen LogP contribution >= 0.6 is 0 Å². The van der Waals surface area contributed by atoms with Gasteiger partial charge in [-0.3, -0.25) is 0 Å². The van der Waals surface area contributed by atoms with Crippen molar-refractivity contribution in [3.8, 4) is 5.75 Å². The monoisotopic (exact) mass is 624 g/mol. The highest BCUT2D eigenvalue weighted by Gasteiger charge is 2.50. The number of esters is 1. The van der Waals surface area contributed by atoms with E-state index in [-0.39, 0.29) is 12.4 Å². The molecule has 3 rings (SSSR count). The molecule has 2 saturated heterocycles. The second-order valence-electron chi connectivity index (χ2n) is 11.1. The Hall–Kier alpha value is -2.69. The smallest absolute Gasteiger partial charge is 0.330 e. The molecule has 2 aliphatic rings. The molecule has 0 bridgehead atoms. The molecule has 0 radical (unpaired) electrons. The third kappa shape index (κ3) is 9.91. The van der Waals surface area contributed by atoms with Gasteiger partial charge in [0.25, 0.3) is 0 Å². The number of phenolic OH excluding ortho intramolecular Hbond substituents is 1. The summed E-state index contributed by atoms with van der Waals surface area (Å²) in [5, 5.41) is 72.1. The summed E-state index contributed by atoms with van der Waals surface area (Å²) in [6.45, 7) is 8.28. The average molecular weight is 625 g/mol. The van der Waals surface area contributed by atoms with Crippen LogP contribution in [0, 0.1) is 0 Å². The maximum atomic E-state index is 12.4. The van der Waals surface area contributed by atoms with Crippen molar-refractivity contribution in [1.82, 2.24) is 0 Å². The van der Waals surface area contributed by atoms with Gasteiger partial charge in [0, 0.05) is 6.08 Å². The van der Waals surface area contributed by atoms with E-state index in [1.165, 1.54) is 25.1 Å². The van der Waals surface area contributed by atoms with Gasteiger partial charge in [-0.25, -0.2) is 4.79 Å². The van der Waals surface area contributed by atoms with Gasteiger partial charge in [-0.2, -0.15) is 0 Å². The highest BCUT2D eigenvalue weighted by atomic mass is 16.7. The van der Waals surface area contributed by atoms with Crippen LogP contribution in [0.3, 0.4) is 0 Å². The number of aliphatic hydroxyl groups is 6. The molecule has 0 spiro atoms. The lowest BCUT2D eigenvalue weighted by molar-refractivity contribution is -0.356. The van der Waals surface area contributed by atoms with Crippen LogP contribution in [0.4, 0.5) is 0 Å². The Morgan fingerprint density at radius 1 is 0.977 bits per heavy atom. The minimum atomic E-state index is -1.70. The minimum absolute atomic E-state index is 0.0219. The Kier molecular flexibility index (Phi) is 13.5. The standard InChI is InChI=1S/C31H44O13/c1-16(2)21(33)11-5-17(3)13-14-40-30-28(39)29(44-31-27(38)26(37)24(35)18(4)42-31)25(36)22(43-30)15-41-23(34)12-8-19-6-9-20(32)10-7-19/h6-10,12-13,18,21-22,24-33,35-39H,1,5,11,14-15H2,2-4H3. The van der Waals surface area contributed by atoms with E-state index in [9.17, 15) is 40.5 Å². The maximum absolute atomic E-state index is 12.4. The van der Waals surface area contributed by atoms with Crippen molar-refractivity contribution in [2.45, 2.75) is 101 Å². The van der Waals surface area contributed by atoms with Gasteiger partial charge < -0.3 is 59.4 Å². The molecule has 0 amide bonds. The molecular weight excluding hydrogens is 580 g/mol. The second kappa shape index (κ2) is 16.6. The van der Waals surface area contributed by atoms with Gasteiger partial charge in [-0.15, -0.1) is 0 Å². The molecule has 13 nitrogen and oxygen atoms in total. The van der Waals surface area contributed by atoms with Crippen LogP contribution in [-0.2, 0) is 28.5 Å². The second-order valence-corrected chi connectivity index (χ2v) is 11.1. The molecule has 0 aliphatic carbocycles. The van der Waals surface area contributed by atoms with Crippen LogP contribution in [-0.4, -0.2) is 122 Å². The first-order valence-electron chi connectivity index (χ1n) is 14.4. The van der Waals surface area contributed by atoms with Crippen LogP contribution in [0.5, 0.6) is 5.75 Å². The number of phenols is 1. The molecule has 13 heteroatoms. The molecule has 7 N–H and O–H groups in total. The Morgan fingerprint density at radius 2 is 1.66 bits per heavy atom. The Labute approximate surface area is 256 Å². The summed E-state index contributed by atoms with van der Waals surface area (Å²) in [5.41, 5.74) is 2.18. The van der Waals surface area contributed by atoms with Crippen molar-refractivity contribution in [3.05, 3.63) is 59.7 Å². The molecule has 0 saturated carbocycles. The molecule has 0 aromatic heterocycles. The average Bonchev–Trinajstić information content (AvgIpc) is 2.99. The van der Waals surface area contributed by atoms with Gasteiger partial charge in [0.1, 0.15) is 55.1 Å². The number of carbonyl (C=O) groups excluding carboxylic acids is 1. The fourth-order valence-corrected chi connectivity index (χ4v) is 4.58. The molecule has 2 fully saturated rings. The number of aliphatic hydroxyl groups excluding tert-OH is 6. The van der Waals surface area contributed by atoms with E-state index in [0.717, 1.165) is 11.6 Å². The first-order valence-corrected chi connectivity index (χ1v) is 14.4. The van der Waals surface area contributed by atoms with Crippen LogP contribution in [0.2, 0.25) is 0 Å². The number of allylic oxidation sites excluding steroid dienone is 1. The third-order valence-electron chi connectivity index (χ3n) is 7.51. The molecule has 2 heterocycles. The van der Waals surface area contributed by atoms with E-state index < -0.39 is 80.1 Å². The largest absolute Gasteiger partial charge is 0.508 e. The van der Waals surface area contributed by atoms with Gasteiger partial charge in [0.15, 0.2) is 12.6 Å². The molecule has 1 aromatic rings. The number of hydrogen-bond donors (Lipinski definition) is 7. The Bertz CT molecular complexity index is 1140. The quantitative estimate of drug-likeness (QED) is 0.0897. The van der Waals surface area contributed by atoms with Gasteiger partial charge in [0.2, 0.25) is 0 Å². The summed E-state index contributed by atoms with van der Waals surface area (Å²) in [5.74, 6) is -0.690. The highest BCUT2D eigenvalue weighted by Crippen LogP contribution is 2.30. The number of aromatic hydroxyl groups is 1. The number of ether oxygens (including phenoxy) is 5. The van der Waals surface area contributed by atoms with Gasteiger partial charge in [0.05, 0.1) is 18.8 Å². The highest BCUT2D eigenvalue weighted by molar-refractivity contribution is 5.87. The van der Waals surface area contributed by atoms with Crippen molar-refractivity contribution < 1.29 is 64.2 Å². The van der Waals surface area contributed by atoms with Crippen LogP contribution < -0.4 is 0 Å². The summed E-state index contributed by atoms with van der Waals surface area (Å²) in [6.07, 6.45) is -9.75. The summed E-state index contributed by atoms with van der Waals surface area (Å²) < 4.78 is 27.9. The van der Waals surface area contributed by atoms with Gasteiger partial charge in [-0.05, 0) is 57.4 Å². The van der Waals surface area contributed by atoms with Crippen LogP contribution in [0.25, 0.3) is 6.08 Å². The summed E-state index contributed by atoms with van der Waals surface area (Å²) in [6, 6.07) is 6.10. The molecule has 1 aromatic carbocycles. The Morgan fingerprint density at radius 3 is 2.32 bits per heavy atom. The number of carbonyl (C=O) groups is 1. The number of hydrogen-bond acceptors (Lipinski definition) is 13. The molecule has 11 atom stereocenters. The van der Waals surface area contributed by atoms with Crippen LogP contribution in [0.1, 0.15) is 39.2 Å². The van der Waals surface area contributed by atoms with E-state index in [1.807, 2.05) is 6.92 Å². The molecule has 246 valence electrons. The first-order chi connectivity index (χ1) is 20.8. The van der Waals surface area contributed by atoms with Crippen molar-refractivity contribution in [1.29, 1.82) is 0 Å². The van der Waals surface area contributed by atoms with E-state index in [0.29, 0.717) is 24.0 Å². The number of benzene rings is 1. The molecule has 44 heavy (non-hydrogen) atoms. The SMILES string of the molecule is C=C(C)C(O)CCC(C)=CCOC1OC(COC(=O)C=Cc2ccc(O)cc2)C(O)C(OC2OC(C)C(O)C(O)C2O)C1O. The lowest BCUT2D eigenvalue weighted by Gasteiger charge is -2.45. The zero-order chi connectivity index (χ0) is 32.6. The zero-order valence-electron chi connectivity index (χ0n) is 25.0.